The highest BCUT2D eigenvalue weighted by atomic mass is 16.1. The zero-order chi connectivity index (χ0) is 21.5. The molecule has 154 valence electrons. The van der Waals surface area contributed by atoms with Crippen molar-refractivity contribution in [1.82, 2.24) is 19.5 Å². The maximum atomic E-state index is 13.2. The normalized spacial score (nSPS) is 11.4. The van der Waals surface area contributed by atoms with Crippen molar-refractivity contribution in [2.24, 2.45) is 5.73 Å². The van der Waals surface area contributed by atoms with E-state index in [0.717, 1.165) is 51.6 Å². The van der Waals surface area contributed by atoms with Crippen LogP contribution in [-0.2, 0) is 6.42 Å². The molecule has 7 nitrogen and oxygen atoms in total. The van der Waals surface area contributed by atoms with Crippen molar-refractivity contribution in [3.05, 3.63) is 76.1 Å². The average Bonchev–Trinajstić information content (AvgIpc) is 3.41. The summed E-state index contributed by atoms with van der Waals surface area (Å²) in [6.45, 7) is 2.47. The molecule has 2 aromatic carbocycles. The minimum Gasteiger partial charge on any atom is -0.358 e. The number of benzene rings is 2. The molecule has 3 aromatic heterocycles. The number of aryl methyl sites for hydroxylation is 2. The van der Waals surface area contributed by atoms with Crippen LogP contribution in [0.1, 0.15) is 23.5 Å². The molecule has 0 saturated carbocycles. The average molecular weight is 410 g/mol. The number of para-hydroxylation sites is 2. The third-order valence-corrected chi connectivity index (χ3v) is 5.75. The van der Waals surface area contributed by atoms with Gasteiger partial charge >= 0.3 is 5.69 Å². The van der Waals surface area contributed by atoms with Gasteiger partial charge in [-0.15, -0.1) is 0 Å². The third-order valence-electron chi connectivity index (χ3n) is 5.75. The van der Waals surface area contributed by atoms with E-state index in [1.165, 1.54) is 4.57 Å². The predicted molar refractivity (Wildman–Crippen MR) is 122 cm³/mol. The Morgan fingerprint density at radius 1 is 1.00 bits per heavy atom. The molecule has 0 aliphatic heterocycles. The van der Waals surface area contributed by atoms with Crippen molar-refractivity contribution >= 4 is 21.8 Å². The lowest BCUT2D eigenvalue weighted by Crippen LogP contribution is -2.16. The number of hydrogen-bond acceptors (Lipinski definition) is 3. The SMILES string of the molecule is Cc1[nH]c2ccccc2c1-n1c(C#N)c(-c2c(CCCN)[nH]c3ccccc23)[nH]c1=O. The molecule has 5 N–H and O–H groups in total. The number of hydrogen-bond donors (Lipinski definition) is 4. The molecule has 0 fully saturated rings. The van der Waals surface area contributed by atoms with Crippen LogP contribution in [0.2, 0.25) is 0 Å². The van der Waals surface area contributed by atoms with Gasteiger partial charge in [-0.1, -0.05) is 36.4 Å². The minimum atomic E-state index is -0.338. The Labute approximate surface area is 178 Å². The summed E-state index contributed by atoms with van der Waals surface area (Å²) < 4.78 is 1.48. The summed E-state index contributed by atoms with van der Waals surface area (Å²) in [5, 5.41) is 12.0. The van der Waals surface area contributed by atoms with Gasteiger partial charge in [0.2, 0.25) is 0 Å². The number of nitrogens with zero attached hydrogens (tertiary/aromatic N) is 2. The molecule has 0 aliphatic carbocycles. The van der Waals surface area contributed by atoms with Crippen LogP contribution in [0.5, 0.6) is 0 Å². The molecular formula is C24H22N6O. The van der Waals surface area contributed by atoms with Gasteiger partial charge < -0.3 is 20.7 Å². The maximum absolute atomic E-state index is 13.2. The molecule has 0 saturated heterocycles. The number of aromatic nitrogens is 4. The second-order valence-corrected chi connectivity index (χ2v) is 7.66. The van der Waals surface area contributed by atoms with Crippen molar-refractivity contribution in [3.63, 3.8) is 0 Å². The minimum absolute atomic E-state index is 0.289. The van der Waals surface area contributed by atoms with Gasteiger partial charge in [0.25, 0.3) is 0 Å². The molecular weight excluding hydrogens is 388 g/mol. The van der Waals surface area contributed by atoms with E-state index in [0.29, 0.717) is 17.9 Å². The Bertz CT molecular complexity index is 1520. The van der Waals surface area contributed by atoms with Crippen LogP contribution in [0, 0.1) is 18.3 Å². The van der Waals surface area contributed by atoms with Crippen LogP contribution < -0.4 is 11.4 Å². The number of fused-ring (bicyclic) bond motifs is 2. The number of aromatic amines is 3. The van der Waals surface area contributed by atoms with Crippen LogP contribution in [0.4, 0.5) is 0 Å². The van der Waals surface area contributed by atoms with Crippen LogP contribution in [0.3, 0.4) is 0 Å². The van der Waals surface area contributed by atoms with E-state index in [1.807, 2.05) is 55.5 Å². The van der Waals surface area contributed by atoms with E-state index in [9.17, 15) is 10.1 Å². The highest BCUT2D eigenvalue weighted by Crippen LogP contribution is 2.35. The van der Waals surface area contributed by atoms with Crippen LogP contribution in [0.25, 0.3) is 38.8 Å². The molecule has 0 aliphatic rings. The van der Waals surface area contributed by atoms with Crippen molar-refractivity contribution in [3.8, 4) is 23.0 Å². The van der Waals surface area contributed by atoms with Gasteiger partial charge in [0, 0.05) is 38.8 Å². The number of nitrogens with two attached hydrogens (primary N) is 1. The fourth-order valence-corrected chi connectivity index (χ4v) is 4.44. The zero-order valence-electron chi connectivity index (χ0n) is 17.1. The van der Waals surface area contributed by atoms with Gasteiger partial charge in [0.05, 0.1) is 11.4 Å². The first-order chi connectivity index (χ1) is 15.1. The van der Waals surface area contributed by atoms with Crippen molar-refractivity contribution in [2.75, 3.05) is 6.54 Å². The molecule has 31 heavy (non-hydrogen) atoms. The molecule has 0 amide bonds. The van der Waals surface area contributed by atoms with Gasteiger partial charge in [0.1, 0.15) is 6.07 Å². The maximum Gasteiger partial charge on any atom is 0.331 e. The van der Waals surface area contributed by atoms with E-state index >= 15 is 0 Å². The number of imidazole rings is 1. The number of nitriles is 1. The molecule has 0 bridgehead atoms. The second-order valence-electron chi connectivity index (χ2n) is 7.66. The van der Waals surface area contributed by atoms with Crippen molar-refractivity contribution < 1.29 is 0 Å². The van der Waals surface area contributed by atoms with Crippen LogP contribution in [-0.4, -0.2) is 26.1 Å². The van der Waals surface area contributed by atoms with Crippen molar-refractivity contribution in [2.45, 2.75) is 19.8 Å². The quantitative estimate of drug-likeness (QED) is 0.352. The number of rotatable bonds is 5. The molecule has 5 aromatic rings. The molecule has 0 atom stereocenters. The standard InChI is InChI=1S/C24H22N6O/c1-14-23(16-8-3-5-10-18(16)27-14)30-20(13-26)22(29-24(30)31)21-15-7-2-4-9-17(15)28-19(21)11-6-12-25/h2-5,7-10,27-28H,6,11-12,25H2,1H3,(H,29,31). The lowest BCUT2D eigenvalue weighted by Gasteiger charge is -2.06. The van der Waals surface area contributed by atoms with E-state index in [1.54, 1.807) is 0 Å². The van der Waals surface area contributed by atoms with Crippen molar-refractivity contribution in [1.29, 1.82) is 5.26 Å². The number of nitrogens with one attached hydrogen (secondary N) is 3. The molecule has 7 heteroatoms. The van der Waals surface area contributed by atoms with E-state index < -0.39 is 0 Å². The first kappa shape index (κ1) is 19.0. The lowest BCUT2D eigenvalue weighted by atomic mass is 10.0. The summed E-state index contributed by atoms with van der Waals surface area (Å²) >= 11 is 0. The fourth-order valence-electron chi connectivity index (χ4n) is 4.44. The lowest BCUT2D eigenvalue weighted by molar-refractivity contribution is 0.818. The second kappa shape index (κ2) is 7.35. The first-order valence-electron chi connectivity index (χ1n) is 10.3. The van der Waals surface area contributed by atoms with Gasteiger partial charge in [-0.2, -0.15) is 5.26 Å². The smallest absolute Gasteiger partial charge is 0.331 e. The largest absolute Gasteiger partial charge is 0.358 e. The van der Waals surface area contributed by atoms with Crippen LogP contribution in [0.15, 0.2) is 53.3 Å². The highest BCUT2D eigenvalue weighted by molar-refractivity contribution is 5.98. The van der Waals surface area contributed by atoms with Gasteiger partial charge in [-0.25, -0.2) is 9.36 Å². The number of H-pyrrole nitrogens is 3. The van der Waals surface area contributed by atoms with E-state index in [2.05, 4.69) is 21.0 Å². The Kier molecular flexibility index (Phi) is 4.50. The predicted octanol–water partition coefficient (Wildman–Crippen LogP) is 3.87. The highest BCUT2D eigenvalue weighted by Gasteiger charge is 2.24. The monoisotopic (exact) mass is 410 g/mol. The molecule has 5 rings (SSSR count). The fraction of sp³-hybridized carbons (Fsp3) is 0.167. The summed E-state index contributed by atoms with van der Waals surface area (Å²) in [5.41, 5.74) is 11.5. The van der Waals surface area contributed by atoms with E-state index in [-0.39, 0.29) is 11.4 Å². The zero-order valence-corrected chi connectivity index (χ0v) is 17.1. The Morgan fingerprint density at radius 2 is 1.68 bits per heavy atom. The van der Waals surface area contributed by atoms with Crippen LogP contribution >= 0.6 is 0 Å². The Hall–Kier alpha value is -4.02. The Balaban J connectivity index is 1.82. The first-order valence-corrected chi connectivity index (χ1v) is 10.3. The van der Waals surface area contributed by atoms with Gasteiger partial charge in [0.15, 0.2) is 5.69 Å². The summed E-state index contributed by atoms with van der Waals surface area (Å²) in [7, 11) is 0. The van der Waals surface area contributed by atoms with Gasteiger partial charge in [-0.3, -0.25) is 0 Å². The summed E-state index contributed by atoms with van der Waals surface area (Å²) in [5.74, 6) is 0. The molecule has 0 unspecified atom stereocenters. The van der Waals surface area contributed by atoms with Gasteiger partial charge in [-0.05, 0) is 38.4 Å². The van der Waals surface area contributed by atoms with E-state index in [4.69, 9.17) is 5.73 Å². The summed E-state index contributed by atoms with van der Waals surface area (Å²) in [4.78, 5) is 22.9. The summed E-state index contributed by atoms with van der Waals surface area (Å²) in [6.07, 6.45) is 1.53. The topological polar surface area (TPSA) is 119 Å². The molecule has 0 spiro atoms. The molecule has 0 radical (unpaired) electrons. The Morgan fingerprint density at radius 3 is 2.39 bits per heavy atom. The third kappa shape index (κ3) is 2.88. The molecule has 3 heterocycles. The summed E-state index contributed by atoms with van der Waals surface area (Å²) in [6, 6.07) is 18.0.